The minimum atomic E-state index is -1.15. The second kappa shape index (κ2) is 8.70. The SMILES string of the molecule is CNC1COCCC1N(C)c1nc(N=C2C=NCC(F)C2)c(C(N)=O)cc1F. The molecule has 8 nitrogen and oxygen atoms in total. The molecule has 2 aliphatic rings. The molecule has 1 aromatic heterocycles. The summed E-state index contributed by atoms with van der Waals surface area (Å²) in [5.74, 6) is -1.54. The van der Waals surface area contributed by atoms with Gasteiger partial charge in [-0.3, -0.25) is 9.79 Å². The number of nitrogens with one attached hydrogen (secondary N) is 1. The number of aliphatic imine (C=N–C) groups is 2. The second-order valence-electron chi connectivity index (χ2n) is 6.87. The highest BCUT2D eigenvalue weighted by molar-refractivity contribution is 6.32. The maximum atomic E-state index is 14.8. The van der Waals surface area contributed by atoms with Gasteiger partial charge in [0.25, 0.3) is 5.91 Å². The van der Waals surface area contributed by atoms with Crippen LogP contribution in [0, 0.1) is 5.82 Å². The number of likely N-dealkylation sites (N-methyl/N-ethyl adjacent to an activating group) is 2. The van der Waals surface area contributed by atoms with Crippen LogP contribution in [0.5, 0.6) is 0 Å². The monoisotopic (exact) mass is 394 g/mol. The van der Waals surface area contributed by atoms with E-state index in [1.807, 2.05) is 7.05 Å². The third-order valence-corrected chi connectivity index (χ3v) is 4.95. The van der Waals surface area contributed by atoms with E-state index in [1.165, 1.54) is 6.21 Å². The van der Waals surface area contributed by atoms with Crippen molar-refractivity contribution in [1.29, 1.82) is 0 Å². The number of anilines is 1. The molecule has 3 atom stereocenters. The van der Waals surface area contributed by atoms with Crippen molar-refractivity contribution in [2.45, 2.75) is 31.1 Å². The number of amides is 1. The fourth-order valence-electron chi connectivity index (χ4n) is 3.43. The lowest BCUT2D eigenvalue weighted by molar-refractivity contribution is 0.0600. The van der Waals surface area contributed by atoms with Gasteiger partial charge in [0.1, 0.15) is 6.17 Å². The summed E-state index contributed by atoms with van der Waals surface area (Å²) in [4.78, 5) is 25.9. The highest BCUT2D eigenvalue weighted by Crippen LogP contribution is 2.28. The van der Waals surface area contributed by atoms with E-state index < -0.39 is 17.9 Å². The molecule has 152 valence electrons. The quantitative estimate of drug-likeness (QED) is 0.776. The van der Waals surface area contributed by atoms with Crippen LogP contribution in [-0.2, 0) is 4.74 Å². The number of aromatic nitrogens is 1. The number of primary amides is 1. The Balaban J connectivity index is 2.00. The van der Waals surface area contributed by atoms with Crippen LogP contribution in [0.1, 0.15) is 23.2 Å². The predicted molar refractivity (Wildman–Crippen MR) is 103 cm³/mol. The molecule has 1 aromatic rings. The summed E-state index contributed by atoms with van der Waals surface area (Å²) in [6.45, 7) is 1.12. The molecule has 0 saturated carbocycles. The summed E-state index contributed by atoms with van der Waals surface area (Å²) in [6, 6.07) is 0.955. The first-order valence-corrected chi connectivity index (χ1v) is 9.10. The smallest absolute Gasteiger partial charge is 0.252 e. The van der Waals surface area contributed by atoms with Gasteiger partial charge in [0.15, 0.2) is 17.5 Å². The zero-order valence-corrected chi connectivity index (χ0v) is 15.9. The van der Waals surface area contributed by atoms with E-state index in [4.69, 9.17) is 10.5 Å². The van der Waals surface area contributed by atoms with E-state index >= 15 is 0 Å². The Morgan fingerprint density at radius 2 is 2.29 bits per heavy atom. The summed E-state index contributed by atoms with van der Waals surface area (Å²) >= 11 is 0. The summed E-state index contributed by atoms with van der Waals surface area (Å²) in [5, 5.41) is 3.16. The van der Waals surface area contributed by atoms with Crippen molar-refractivity contribution in [2.24, 2.45) is 15.7 Å². The van der Waals surface area contributed by atoms with Crippen LogP contribution in [0.3, 0.4) is 0 Å². The fourth-order valence-corrected chi connectivity index (χ4v) is 3.43. The van der Waals surface area contributed by atoms with E-state index in [0.29, 0.717) is 25.3 Å². The lowest BCUT2D eigenvalue weighted by Gasteiger charge is -2.38. The maximum absolute atomic E-state index is 14.8. The zero-order chi connectivity index (χ0) is 20.3. The van der Waals surface area contributed by atoms with Crippen molar-refractivity contribution in [3.63, 3.8) is 0 Å². The van der Waals surface area contributed by atoms with E-state index in [9.17, 15) is 13.6 Å². The van der Waals surface area contributed by atoms with Crippen molar-refractivity contribution in [3.8, 4) is 0 Å². The Hall–Kier alpha value is -2.46. The topological polar surface area (TPSA) is 105 Å². The van der Waals surface area contributed by atoms with E-state index in [-0.39, 0.29) is 42.2 Å². The largest absolute Gasteiger partial charge is 0.380 e. The van der Waals surface area contributed by atoms with Gasteiger partial charge in [-0.25, -0.2) is 18.8 Å². The Kier molecular flexibility index (Phi) is 6.30. The Morgan fingerprint density at radius 1 is 1.50 bits per heavy atom. The van der Waals surface area contributed by atoms with Crippen molar-refractivity contribution in [3.05, 3.63) is 17.4 Å². The second-order valence-corrected chi connectivity index (χ2v) is 6.87. The van der Waals surface area contributed by atoms with E-state index in [1.54, 1.807) is 11.9 Å². The number of hydrogen-bond donors (Lipinski definition) is 2. The van der Waals surface area contributed by atoms with Crippen LogP contribution >= 0.6 is 0 Å². The third kappa shape index (κ3) is 4.33. The number of nitrogens with two attached hydrogens (primary N) is 1. The number of hydrogen-bond acceptors (Lipinski definition) is 7. The molecule has 3 N–H and O–H groups in total. The van der Waals surface area contributed by atoms with Gasteiger partial charge in [0.2, 0.25) is 0 Å². The number of nitrogens with zero attached hydrogens (tertiary/aromatic N) is 4. The molecule has 0 radical (unpaired) electrons. The molecule has 0 spiro atoms. The Bertz CT molecular complexity index is 801. The molecule has 0 aromatic carbocycles. The predicted octanol–water partition coefficient (Wildman–Crippen LogP) is 1.02. The molecule has 0 aliphatic carbocycles. The van der Waals surface area contributed by atoms with Crippen molar-refractivity contribution >= 4 is 29.5 Å². The highest BCUT2D eigenvalue weighted by Gasteiger charge is 2.31. The molecule has 3 heterocycles. The van der Waals surface area contributed by atoms with Crippen LogP contribution < -0.4 is 16.0 Å². The average Bonchev–Trinajstić information content (AvgIpc) is 2.68. The molecule has 0 bridgehead atoms. The van der Waals surface area contributed by atoms with Gasteiger partial charge in [0, 0.05) is 32.3 Å². The van der Waals surface area contributed by atoms with Crippen LogP contribution in [0.4, 0.5) is 20.4 Å². The molecule has 1 fully saturated rings. The number of rotatable bonds is 5. The van der Waals surface area contributed by atoms with Crippen molar-refractivity contribution < 1.29 is 18.3 Å². The van der Waals surface area contributed by atoms with Gasteiger partial charge in [0.05, 0.1) is 30.5 Å². The Morgan fingerprint density at radius 3 is 2.96 bits per heavy atom. The van der Waals surface area contributed by atoms with Gasteiger partial charge >= 0.3 is 0 Å². The number of pyridine rings is 1. The summed E-state index contributed by atoms with van der Waals surface area (Å²) in [6.07, 6.45) is 1.01. The number of alkyl halides is 1. The van der Waals surface area contributed by atoms with Crippen LogP contribution in [0.15, 0.2) is 16.1 Å². The van der Waals surface area contributed by atoms with Gasteiger partial charge < -0.3 is 20.7 Å². The lowest BCUT2D eigenvalue weighted by atomic mass is 10.0. The highest BCUT2D eigenvalue weighted by atomic mass is 19.1. The average molecular weight is 394 g/mol. The number of carbonyl (C=O) groups excluding carboxylic acids is 1. The van der Waals surface area contributed by atoms with E-state index in [0.717, 1.165) is 6.07 Å². The first-order chi connectivity index (χ1) is 13.4. The standard InChI is InChI=1S/C18H24F2N6O2/c1-22-14-9-28-4-3-15(14)26(2)18-13(20)6-12(16(21)27)17(25-18)24-11-5-10(19)7-23-8-11/h6,8,10,14-15,22H,3-5,7,9H2,1-2H3,(H2,21,27). The first-order valence-electron chi connectivity index (χ1n) is 9.10. The van der Waals surface area contributed by atoms with Crippen molar-refractivity contribution in [1.82, 2.24) is 10.3 Å². The molecule has 1 amide bonds. The van der Waals surface area contributed by atoms with Crippen LogP contribution in [0.25, 0.3) is 0 Å². The molecule has 3 unspecified atom stereocenters. The zero-order valence-electron chi connectivity index (χ0n) is 15.9. The van der Waals surface area contributed by atoms with Crippen LogP contribution in [0.2, 0.25) is 0 Å². The maximum Gasteiger partial charge on any atom is 0.252 e. The number of halogens is 2. The lowest BCUT2D eigenvalue weighted by Crippen LogP contribution is -2.53. The van der Waals surface area contributed by atoms with Gasteiger partial charge in [-0.05, 0) is 19.5 Å². The minimum absolute atomic E-state index is 0.0108. The van der Waals surface area contributed by atoms with E-state index in [2.05, 4.69) is 20.3 Å². The third-order valence-electron chi connectivity index (χ3n) is 4.95. The molecule has 28 heavy (non-hydrogen) atoms. The van der Waals surface area contributed by atoms with Crippen LogP contribution in [-0.4, -0.2) is 74.9 Å². The molecule has 10 heteroatoms. The fraction of sp³-hybridized carbons (Fsp3) is 0.556. The summed E-state index contributed by atoms with van der Waals surface area (Å²) in [7, 11) is 3.54. The van der Waals surface area contributed by atoms with Crippen molar-refractivity contribution in [2.75, 3.05) is 38.8 Å². The van der Waals surface area contributed by atoms with Gasteiger partial charge in [-0.2, -0.15) is 0 Å². The summed E-state index contributed by atoms with van der Waals surface area (Å²) < 4.78 is 33.8. The first kappa shape index (κ1) is 20.3. The molecular formula is C18H24F2N6O2. The molecule has 1 saturated heterocycles. The number of carbonyl (C=O) groups is 1. The summed E-state index contributed by atoms with van der Waals surface area (Å²) in [5.41, 5.74) is 5.53. The normalized spacial score (nSPS) is 26.4. The minimum Gasteiger partial charge on any atom is -0.380 e. The molecule has 3 rings (SSSR count). The Labute approximate surface area is 161 Å². The molecule has 2 aliphatic heterocycles. The van der Waals surface area contributed by atoms with Gasteiger partial charge in [-0.15, -0.1) is 0 Å². The molecular weight excluding hydrogens is 370 g/mol. The van der Waals surface area contributed by atoms with Gasteiger partial charge in [-0.1, -0.05) is 0 Å². The number of ether oxygens (including phenoxy) is 1.